The van der Waals surface area contributed by atoms with E-state index in [2.05, 4.69) is 60.5 Å². The molecule has 228 valence electrons. The summed E-state index contributed by atoms with van der Waals surface area (Å²) in [5.74, 6) is 4.48. The van der Waals surface area contributed by atoms with Gasteiger partial charge < -0.3 is 0 Å². The summed E-state index contributed by atoms with van der Waals surface area (Å²) in [7, 11) is 2.49. The molecule has 0 radical (unpaired) electrons. The lowest BCUT2D eigenvalue weighted by Gasteiger charge is -2.42. The van der Waals surface area contributed by atoms with Crippen LogP contribution in [0.1, 0.15) is 98.7 Å². The Balaban J connectivity index is 1.18. The predicted octanol–water partition coefficient (Wildman–Crippen LogP) is 9.34. The van der Waals surface area contributed by atoms with E-state index in [-0.39, 0.29) is 5.41 Å². The molecule has 1 saturated heterocycles. The fourth-order valence-electron chi connectivity index (χ4n) is 17.4. The van der Waals surface area contributed by atoms with Crippen molar-refractivity contribution < 1.29 is 0 Å². The Morgan fingerprint density at radius 2 is 1.59 bits per heavy atom. The summed E-state index contributed by atoms with van der Waals surface area (Å²) in [6.45, 7) is 1.21. The summed E-state index contributed by atoms with van der Waals surface area (Å²) in [5, 5.41) is 19.3. The molecule has 11 aliphatic rings. The third kappa shape index (κ3) is 1.74. The lowest BCUT2D eigenvalue weighted by molar-refractivity contribution is 0.298. The molecule has 1 saturated carbocycles. The molecule has 10 aliphatic carbocycles. The second-order valence-electron chi connectivity index (χ2n) is 19.0. The van der Waals surface area contributed by atoms with Crippen LogP contribution >= 0.6 is 0 Å². The summed E-state index contributed by atoms with van der Waals surface area (Å²) in [6.07, 6.45) is 12.4. The number of benzene rings is 5. The van der Waals surface area contributed by atoms with Gasteiger partial charge in [0.25, 0.3) is 0 Å². The van der Waals surface area contributed by atoms with Crippen LogP contribution in [0, 0.1) is 23.7 Å². The molecule has 0 N–H and O–H groups in total. The Bertz CT molecular complexity index is 3170. The number of hydrogen-bond acceptors (Lipinski definition) is 1. The number of rotatable bonds is 1. The average molecular weight is 622 g/mol. The fourth-order valence-corrected chi connectivity index (χ4v) is 17.4. The maximum absolute atomic E-state index is 2.95. The minimum absolute atomic E-state index is 0.212. The first-order valence-electron chi connectivity index (χ1n) is 19.6. The quantitative estimate of drug-likeness (QED) is 0.165. The molecule has 0 bridgehead atoms. The Morgan fingerprint density at radius 3 is 2.53 bits per heavy atom. The molecule has 1 spiro atoms. The van der Waals surface area contributed by atoms with Crippen molar-refractivity contribution >= 4 is 70.6 Å². The Kier molecular flexibility index (Phi) is 2.80. The highest BCUT2D eigenvalue weighted by Crippen LogP contribution is 2.77. The fraction of sp³-hybridized carbons (Fsp3) is 0.333. The first kappa shape index (κ1) is 22.5. The first-order valence-corrected chi connectivity index (χ1v) is 19.6. The highest BCUT2D eigenvalue weighted by Gasteiger charge is 2.66. The van der Waals surface area contributed by atoms with Crippen LogP contribution in [0.25, 0.3) is 70.6 Å². The molecule has 0 aromatic heterocycles. The van der Waals surface area contributed by atoms with Crippen molar-refractivity contribution in [2.75, 3.05) is 13.6 Å². The molecule has 18 rings (SSSR count). The van der Waals surface area contributed by atoms with Crippen LogP contribution < -0.4 is 5.22 Å². The monoisotopic (exact) mass is 621 g/mol. The largest absolute Gasteiger partial charge is 0.298 e. The zero-order chi connectivity index (χ0) is 30.5. The molecule has 0 amide bonds. The maximum Gasteiger partial charge on any atom is 0.0423 e. The molecule has 1 nitrogen and oxygen atoms in total. The summed E-state index contributed by atoms with van der Waals surface area (Å²) >= 11 is 0. The van der Waals surface area contributed by atoms with Crippen LogP contribution in [0.4, 0.5) is 0 Å². The van der Waals surface area contributed by atoms with Gasteiger partial charge in [-0.1, -0.05) is 48.6 Å². The summed E-state index contributed by atoms with van der Waals surface area (Å²) < 4.78 is 0. The summed E-state index contributed by atoms with van der Waals surface area (Å²) in [5.41, 5.74) is 23.3. The predicted molar refractivity (Wildman–Crippen MR) is 197 cm³/mol. The SMILES string of the molecule is CN1CC23CC4CC5C=C6Cc7cc8c9c%10c%11c%12c%13c(c%14c2c4c2c(c4c(c6c7c9c4%11)C25)c%14%12)C(=CC2CC(C8)C%10C=%132)C3C1c1ccccc1. The van der Waals surface area contributed by atoms with Crippen molar-refractivity contribution in [1.29, 1.82) is 0 Å². The minimum atomic E-state index is 0.212. The second-order valence-corrected chi connectivity index (χ2v) is 19.0. The summed E-state index contributed by atoms with van der Waals surface area (Å²) in [4.78, 5) is 2.82. The molecule has 7 aromatic carbocycles. The summed E-state index contributed by atoms with van der Waals surface area (Å²) in [6, 6.07) is 15.0. The maximum atomic E-state index is 2.95. The second kappa shape index (κ2) is 6.09. The van der Waals surface area contributed by atoms with Gasteiger partial charge in [-0.15, -0.1) is 0 Å². The Morgan fingerprint density at radius 1 is 0.735 bits per heavy atom. The third-order valence-electron chi connectivity index (χ3n) is 17.8. The van der Waals surface area contributed by atoms with Crippen molar-refractivity contribution in [2.24, 2.45) is 23.7 Å². The van der Waals surface area contributed by atoms with E-state index in [0.717, 1.165) is 5.92 Å². The number of allylic oxidation sites excluding steroid dienone is 3. The normalized spacial score (nSPS) is 37.2. The lowest BCUT2D eigenvalue weighted by Crippen LogP contribution is -2.39. The van der Waals surface area contributed by atoms with E-state index in [4.69, 9.17) is 0 Å². The van der Waals surface area contributed by atoms with E-state index in [9.17, 15) is 0 Å². The van der Waals surface area contributed by atoms with E-state index >= 15 is 0 Å². The van der Waals surface area contributed by atoms with E-state index in [1.807, 2.05) is 33.4 Å². The molecule has 2 fully saturated rings. The van der Waals surface area contributed by atoms with E-state index < -0.39 is 0 Å². The smallest absolute Gasteiger partial charge is 0.0423 e. The molecule has 7 aromatic rings. The van der Waals surface area contributed by atoms with Crippen molar-refractivity contribution in [2.45, 2.75) is 61.3 Å². The Labute approximate surface area is 282 Å². The van der Waals surface area contributed by atoms with Gasteiger partial charge >= 0.3 is 0 Å². The van der Waals surface area contributed by atoms with Gasteiger partial charge in [0, 0.05) is 41.7 Å². The van der Waals surface area contributed by atoms with Crippen molar-refractivity contribution in [3.8, 4) is 0 Å². The van der Waals surface area contributed by atoms with Crippen LogP contribution in [0.3, 0.4) is 0 Å². The van der Waals surface area contributed by atoms with Gasteiger partial charge in [0.2, 0.25) is 0 Å². The van der Waals surface area contributed by atoms with Gasteiger partial charge in [0.05, 0.1) is 0 Å². The topological polar surface area (TPSA) is 3.24 Å². The van der Waals surface area contributed by atoms with E-state index in [1.165, 1.54) is 38.6 Å². The lowest BCUT2D eigenvalue weighted by atomic mass is 9.60. The Hall–Kier alpha value is -4.20. The molecule has 1 heteroatoms. The standard InChI is InChI=1S/C48H31N/c1-49-15-48-14-23-12-21-10-18-7-17-8-20-9-19-11-22-13-24(45(48)47(49)16-5-3-2-4-6-16)32-37-28(22)27(19)34-29(20)33-25(17)26(18)35-30(21)36-31(23)46(48)44(32)43-41(36)39(35)38(33)40(34)42(37)43/h2-6,8,10,13,19,21-23,27,30,45,47H,7,9,11-12,14-15H2,1H3. The van der Waals surface area contributed by atoms with Crippen LogP contribution in [0.2, 0.25) is 0 Å². The zero-order valence-electron chi connectivity index (χ0n) is 27.4. The molecule has 1 heterocycles. The van der Waals surface area contributed by atoms with Crippen molar-refractivity contribution in [1.82, 2.24) is 4.90 Å². The van der Waals surface area contributed by atoms with Crippen molar-refractivity contribution in [3.63, 3.8) is 0 Å². The number of fused-ring (bicyclic) bond motifs is 1. The van der Waals surface area contributed by atoms with Crippen LogP contribution in [0.5, 0.6) is 0 Å². The zero-order valence-corrected chi connectivity index (χ0v) is 27.4. The molecular weight excluding hydrogens is 591 g/mol. The van der Waals surface area contributed by atoms with E-state index in [1.54, 1.807) is 98.0 Å². The third-order valence-corrected chi connectivity index (χ3v) is 17.8. The number of hydrogen-bond donors (Lipinski definition) is 0. The molecule has 9 unspecified atom stereocenters. The first-order chi connectivity index (χ1) is 24.2. The van der Waals surface area contributed by atoms with Gasteiger partial charge in [-0.3, -0.25) is 4.90 Å². The van der Waals surface area contributed by atoms with Gasteiger partial charge in [-0.2, -0.15) is 0 Å². The molecular formula is C48H31N. The van der Waals surface area contributed by atoms with Crippen LogP contribution in [-0.4, -0.2) is 18.5 Å². The number of likely N-dealkylation sites (N-methyl/N-ethyl adjacent to an activating group) is 1. The number of nitrogens with zero attached hydrogens (tertiary/aromatic N) is 1. The molecule has 49 heavy (non-hydrogen) atoms. The van der Waals surface area contributed by atoms with Crippen LogP contribution in [-0.2, 0) is 18.3 Å². The van der Waals surface area contributed by atoms with Gasteiger partial charge in [0.1, 0.15) is 0 Å². The van der Waals surface area contributed by atoms with Crippen LogP contribution in [0.15, 0.2) is 48.6 Å². The minimum Gasteiger partial charge on any atom is -0.298 e. The highest BCUT2D eigenvalue weighted by molar-refractivity contribution is 6.47. The molecule has 9 atom stereocenters. The van der Waals surface area contributed by atoms with Crippen molar-refractivity contribution in [3.05, 3.63) is 109 Å². The van der Waals surface area contributed by atoms with Gasteiger partial charge in [0.15, 0.2) is 0 Å². The van der Waals surface area contributed by atoms with E-state index in [0.29, 0.717) is 41.5 Å². The molecule has 1 aliphatic heterocycles. The van der Waals surface area contributed by atoms with Gasteiger partial charge in [-0.05, 0) is 188 Å². The van der Waals surface area contributed by atoms with Gasteiger partial charge in [-0.25, -0.2) is 0 Å². The average Bonchev–Trinajstić information content (AvgIpc) is 3.95. The highest BCUT2D eigenvalue weighted by atomic mass is 15.2. The number of likely N-dealkylation sites (tertiary alicyclic amines) is 1.